The van der Waals surface area contributed by atoms with Gasteiger partial charge >= 0.3 is 5.97 Å². The van der Waals surface area contributed by atoms with E-state index in [1.165, 1.54) is 6.92 Å². The predicted octanol–water partition coefficient (Wildman–Crippen LogP) is 2.28. The molecule has 0 spiro atoms. The minimum absolute atomic E-state index is 0.209. The summed E-state index contributed by atoms with van der Waals surface area (Å²) in [5.74, 6) is -0.315. The van der Waals surface area contributed by atoms with Gasteiger partial charge in [0.15, 0.2) is 0 Å². The molecular weight excluding hydrogens is 216 g/mol. The van der Waals surface area contributed by atoms with E-state index in [-0.39, 0.29) is 12.6 Å². The Balaban J connectivity index is 2.39. The highest BCUT2D eigenvalue weighted by atomic mass is 35.5. The van der Waals surface area contributed by atoms with Crippen LogP contribution in [0.4, 0.5) is 0 Å². The second-order valence-corrected chi connectivity index (χ2v) is 3.52. The van der Waals surface area contributed by atoms with Crippen molar-refractivity contribution >= 4 is 28.6 Å². The average Bonchev–Trinajstić information content (AvgIpc) is 2.59. The molecular formula is C10H9ClN2O2. The molecule has 2 rings (SSSR count). The van der Waals surface area contributed by atoms with Crippen LogP contribution in [0.2, 0.25) is 5.02 Å². The van der Waals surface area contributed by atoms with Crippen LogP contribution in [0.1, 0.15) is 12.5 Å². The van der Waals surface area contributed by atoms with E-state index in [1.807, 2.05) is 0 Å². The molecule has 0 fully saturated rings. The van der Waals surface area contributed by atoms with Gasteiger partial charge in [-0.15, -0.1) is 0 Å². The number of halogens is 1. The van der Waals surface area contributed by atoms with E-state index in [4.69, 9.17) is 16.3 Å². The number of rotatable bonds is 2. The van der Waals surface area contributed by atoms with Gasteiger partial charge in [-0.25, -0.2) is 4.98 Å². The largest absolute Gasteiger partial charge is 0.461 e. The van der Waals surface area contributed by atoms with Gasteiger partial charge in [-0.2, -0.15) is 0 Å². The van der Waals surface area contributed by atoms with Crippen LogP contribution in [-0.4, -0.2) is 15.9 Å². The lowest BCUT2D eigenvalue weighted by atomic mass is 10.2. The Morgan fingerprint density at radius 3 is 3.20 bits per heavy atom. The number of hydrogen-bond donors (Lipinski definition) is 1. The number of pyridine rings is 1. The molecule has 78 valence electrons. The Kier molecular flexibility index (Phi) is 2.60. The molecule has 0 unspecified atom stereocenters. The molecule has 0 saturated carbocycles. The molecule has 0 aliphatic heterocycles. The fourth-order valence-electron chi connectivity index (χ4n) is 1.37. The molecule has 2 heterocycles. The van der Waals surface area contributed by atoms with Crippen molar-refractivity contribution in [3.8, 4) is 0 Å². The lowest BCUT2D eigenvalue weighted by Crippen LogP contribution is -1.98. The smallest absolute Gasteiger partial charge is 0.302 e. The first-order chi connectivity index (χ1) is 7.18. The van der Waals surface area contributed by atoms with Crippen molar-refractivity contribution in [2.75, 3.05) is 0 Å². The summed E-state index contributed by atoms with van der Waals surface area (Å²) >= 11 is 6.02. The molecule has 2 aromatic rings. The maximum Gasteiger partial charge on any atom is 0.302 e. The summed E-state index contributed by atoms with van der Waals surface area (Å²) in [5.41, 5.74) is 1.53. The van der Waals surface area contributed by atoms with Crippen LogP contribution < -0.4 is 0 Å². The summed E-state index contributed by atoms with van der Waals surface area (Å²) in [6.07, 6.45) is 3.36. The van der Waals surface area contributed by atoms with Gasteiger partial charge < -0.3 is 9.72 Å². The maximum absolute atomic E-state index is 10.7. The van der Waals surface area contributed by atoms with Crippen LogP contribution >= 0.6 is 11.6 Å². The number of hydrogen-bond acceptors (Lipinski definition) is 3. The third-order valence-electron chi connectivity index (χ3n) is 2.04. The number of fused-ring (bicyclic) bond motifs is 1. The number of esters is 1. The van der Waals surface area contributed by atoms with E-state index in [1.54, 1.807) is 18.5 Å². The molecule has 0 amide bonds. The highest BCUT2D eigenvalue weighted by Gasteiger charge is 2.08. The van der Waals surface area contributed by atoms with Gasteiger partial charge in [0.25, 0.3) is 0 Å². The standard InChI is InChI=1S/C10H9ClN2O2/c1-6(14)15-5-7-4-13-10-9(7)8(11)2-3-12-10/h2-4H,5H2,1H3,(H,12,13). The number of carbonyl (C=O) groups excluding carboxylic acids is 1. The summed E-state index contributed by atoms with van der Waals surface area (Å²) in [7, 11) is 0. The molecule has 4 nitrogen and oxygen atoms in total. The van der Waals surface area contributed by atoms with Gasteiger partial charge in [-0.05, 0) is 6.07 Å². The van der Waals surface area contributed by atoms with Crippen molar-refractivity contribution in [3.05, 3.63) is 29.0 Å². The normalized spacial score (nSPS) is 10.5. The highest BCUT2D eigenvalue weighted by molar-refractivity contribution is 6.35. The summed E-state index contributed by atoms with van der Waals surface area (Å²) in [5, 5.41) is 1.41. The highest BCUT2D eigenvalue weighted by Crippen LogP contribution is 2.25. The predicted molar refractivity (Wildman–Crippen MR) is 56.6 cm³/mol. The summed E-state index contributed by atoms with van der Waals surface area (Å²) in [4.78, 5) is 17.8. The molecule has 0 aliphatic rings. The quantitative estimate of drug-likeness (QED) is 0.797. The first-order valence-corrected chi connectivity index (χ1v) is 4.80. The number of aromatic nitrogens is 2. The van der Waals surface area contributed by atoms with Crippen molar-refractivity contribution in [3.63, 3.8) is 0 Å². The Labute approximate surface area is 91.2 Å². The Morgan fingerprint density at radius 2 is 2.47 bits per heavy atom. The number of H-pyrrole nitrogens is 1. The third kappa shape index (κ3) is 1.94. The van der Waals surface area contributed by atoms with Gasteiger partial charge in [0.05, 0.1) is 5.02 Å². The maximum atomic E-state index is 10.7. The van der Waals surface area contributed by atoms with E-state index >= 15 is 0 Å². The van der Waals surface area contributed by atoms with Gasteiger partial charge in [0, 0.05) is 30.3 Å². The zero-order valence-corrected chi connectivity index (χ0v) is 8.84. The Morgan fingerprint density at radius 1 is 1.67 bits per heavy atom. The average molecular weight is 225 g/mol. The minimum atomic E-state index is -0.315. The van der Waals surface area contributed by atoms with E-state index < -0.39 is 0 Å². The van der Waals surface area contributed by atoms with Gasteiger partial charge in [0.1, 0.15) is 12.3 Å². The molecule has 0 aliphatic carbocycles. The van der Waals surface area contributed by atoms with E-state index in [2.05, 4.69) is 9.97 Å². The van der Waals surface area contributed by atoms with Crippen LogP contribution in [0.3, 0.4) is 0 Å². The molecule has 0 radical (unpaired) electrons. The molecule has 5 heteroatoms. The minimum Gasteiger partial charge on any atom is -0.461 e. The lowest BCUT2D eigenvalue weighted by Gasteiger charge is -2.00. The van der Waals surface area contributed by atoms with Gasteiger partial charge in [0.2, 0.25) is 0 Å². The number of aromatic amines is 1. The molecule has 15 heavy (non-hydrogen) atoms. The molecule has 0 saturated heterocycles. The van der Waals surface area contributed by atoms with Crippen LogP contribution in [0.5, 0.6) is 0 Å². The number of carbonyl (C=O) groups is 1. The van der Waals surface area contributed by atoms with Crippen molar-refractivity contribution in [1.29, 1.82) is 0 Å². The number of nitrogens with zero attached hydrogens (tertiary/aromatic N) is 1. The van der Waals surface area contributed by atoms with Crippen LogP contribution in [0.25, 0.3) is 11.0 Å². The molecule has 0 atom stereocenters. The van der Waals surface area contributed by atoms with Crippen molar-refractivity contribution in [2.24, 2.45) is 0 Å². The van der Waals surface area contributed by atoms with Crippen LogP contribution in [-0.2, 0) is 16.1 Å². The zero-order valence-electron chi connectivity index (χ0n) is 8.08. The topological polar surface area (TPSA) is 55.0 Å². The number of nitrogens with one attached hydrogen (secondary N) is 1. The Bertz CT molecular complexity index is 507. The molecule has 0 bridgehead atoms. The summed E-state index contributed by atoms with van der Waals surface area (Å²) < 4.78 is 4.90. The SMILES string of the molecule is CC(=O)OCc1c[nH]c2nccc(Cl)c12. The summed E-state index contributed by atoms with van der Waals surface area (Å²) in [6.45, 7) is 1.58. The fourth-order valence-corrected chi connectivity index (χ4v) is 1.64. The van der Waals surface area contributed by atoms with Crippen molar-refractivity contribution in [2.45, 2.75) is 13.5 Å². The monoisotopic (exact) mass is 224 g/mol. The number of ether oxygens (including phenoxy) is 1. The molecule has 0 aromatic carbocycles. The second-order valence-electron chi connectivity index (χ2n) is 3.11. The summed E-state index contributed by atoms with van der Waals surface area (Å²) in [6, 6.07) is 1.70. The first kappa shape index (κ1) is 9.98. The third-order valence-corrected chi connectivity index (χ3v) is 2.35. The fraction of sp³-hybridized carbons (Fsp3) is 0.200. The van der Waals surface area contributed by atoms with Crippen molar-refractivity contribution in [1.82, 2.24) is 9.97 Å². The lowest BCUT2D eigenvalue weighted by molar-refractivity contribution is -0.142. The first-order valence-electron chi connectivity index (χ1n) is 4.42. The molecule has 1 N–H and O–H groups in total. The molecule has 2 aromatic heterocycles. The van der Waals surface area contributed by atoms with Gasteiger partial charge in [-0.1, -0.05) is 11.6 Å². The van der Waals surface area contributed by atoms with Crippen molar-refractivity contribution < 1.29 is 9.53 Å². The zero-order chi connectivity index (χ0) is 10.8. The van der Waals surface area contributed by atoms with E-state index in [0.717, 1.165) is 10.9 Å². The van der Waals surface area contributed by atoms with E-state index in [9.17, 15) is 4.79 Å². The Hall–Kier alpha value is -1.55. The van der Waals surface area contributed by atoms with E-state index in [0.29, 0.717) is 10.7 Å². The van der Waals surface area contributed by atoms with Crippen LogP contribution in [0.15, 0.2) is 18.5 Å². The van der Waals surface area contributed by atoms with Gasteiger partial charge in [-0.3, -0.25) is 4.79 Å². The second kappa shape index (κ2) is 3.90. The van der Waals surface area contributed by atoms with Crippen LogP contribution in [0, 0.1) is 0 Å².